The maximum Gasteiger partial charge on any atom is 0.419 e. The number of hydrogen-bond donors (Lipinski definition) is 0. The zero-order valence-electron chi connectivity index (χ0n) is 16.5. The molecule has 4 rings (SSSR count). The predicted octanol–water partition coefficient (Wildman–Crippen LogP) is 0.543. The van der Waals surface area contributed by atoms with Gasteiger partial charge in [0.2, 0.25) is 15.9 Å². The fourth-order valence-electron chi connectivity index (χ4n) is 3.92. The third-order valence-electron chi connectivity index (χ3n) is 5.75. The number of likely N-dealkylation sites (N-methyl/N-ethyl adjacent to an activating group) is 1. The van der Waals surface area contributed by atoms with Gasteiger partial charge in [0.15, 0.2) is 5.58 Å². The number of carbonyl (C=O) groups is 1. The zero-order valence-corrected chi connectivity index (χ0v) is 17.4. The Morgan fingerprint density at radius 1 is 1.07 bits per heavy atom. The van der Waals surface area contributed by atoms with E-state index in [9.17, 15) is 18.0 Å². The molecule has 2 aromatic rings. The van der Waals surface area contributed by atoms with Crippen LogP contribution in [0.25, 0.3) is 11.1 Å². The molecular formula is C19H26N4O5S. The summed E-state index contributed by atoms with van der Waals surface area (Å²) < 4.78 is 33.6. The van der Waals surface area contributed by atoms with E-state index in [1.165, 1.54) is 21.0 Å². The summed E-state index contributed by atoms with van der Waals surface area (Å²) in [6, 6.07) is 4.50. The maximum absolute atomic E-state index is 12.7. The minimum atomic E-state index is -3.58. The first-order chi connectivity index (χ1) is 13.9. The van der Waals surface area contributed by atoms with Crippen molar-refractivity contribution in [2.75, 3.05) is 46.3 Å². The number of sulfonamides is 1. The molecule has 29 heavy (non-hydrogen) atoms. The van der Waals surface area contributed by atoms with Crippen molar-refractivity contribution in [1.82, 2.24) is 18.7 Å². The number of amides is 1. The van der Waals surface area contributed by atoms with Gasteiger partial charge in [-0.25, -0.2) is 13.2 Å². The number of fused-ring (bicyclic) bond motifs is 1. The Hall–Kier alpha value is -2.17. The third kappa shape index (κ3) is 3.96. The molecule has 0 aliphatic carbocycles. The minimum absolute atomic E-state index is 0.00702. The number of hydrogen-bond acceptors (Lipinski definition) is 6. The molecule has 0 unspecified atom stereocenters. The van der Waals surface area contributed by atoms with Crippen molar-refractivity contribution in [1.29, 1.82) is 0 Å². The molecule has 0 N–H and O–H groups in total. The lowest BCUT2D eigenvalue weighted by Crippen LogP contribution is -2.47. The fourth-order valence-corrected chi connectivity index (χ4v) is 5.45. The highest BCUT2D eigenvalue weighted by Crippen LogP contribution is 2.24. The Balaban J connectivity index is 1.51. The Morgan fingerprint density at radius 3 is 2.45 bits per heavy atom. The van der Waals surface area contributed by atoms with Gasteiger partial charge in [-0.2, -0.15) is 4.31 Å². The SMILES string of the molecule is CN1CCN(C(=O)CCn2c(=O)oc3cc(S(=O)(=O)N4CCCC4)ccc32)CC1. The Labute approximate surface area is 169 Å². The van der Waals surface area contributed by atoms with Gasteiger partial charge < -0.3 is 14.2 Å². The highest BCUT2D eigenvalue weighted by atomic mass is 32.2. The summed E-state index contributed by atoms with van der Waals surface area (Å²) in [5.74, 6) is -0.575. The van der Waals surface area contributed by atoms with Crippen LogP contribution in [0.3, 0.4) is 0 Å². The summed E-state index contributed by atoms with van der Waals surface area (Å²) >= 11 is 0. The first-order valence-corrected chi connectivity index (χ1v) is 11.4. The Bertz CT molecular complexity index is 1060. The molecule has 10 heteroatoms. The second-order valence-electron chi connectivity index (χ2n) is 7.69. The summed E-state index contributed by atoms with van der Waals surface area (Å²) in [5.41, 5.74) is 0.726. The van der Waals surface area contributed by atoms with Crippen LogP contribution in [0.4, 0.5) is 0 Å². The molecule has 1 aromatic carbocycles. The van der Waals surface area contributed by atoms with Crippen molar-refractivity contribution in [3.05, 3.63) is 28.7 Å². The lowest BCUT2D eigenvalue weighted by Gasteiger charge is -2.32. The van der Waals surface area contributed by atoms with Gasteiger partial charge in [-0.3, -0.25) is 9.36 Å². The Kier molecular flexibility index (Phi) is 5.50. The van der Waals surface area contributed by atoms with Gasteiger partial charge in [-0.15, -0.1) is 0 Å². The van der Waals surface area contributed by atoms with Crippen LogP contribution in [0.2, 0.25) is 0 Å². The summed E-state index contributed by atoms with van der Waals surface area (Å²) in [6.07, 6.45) is 1.91. The molecule has 2 saturated heterocycles. The maximum atomic E-state index is 12.7. The van der Waals surface area contributed by atoms with Crippen LogP contribution in [0, 0.1) is 0 Å². The van der Waals surface area contributed by atoms with Crippen LogP contribution in [0.5, 0.6) is 0 Å². The number of aryl methyl sites for hydroxylation is 1. The van der Waals surface area contributed by atoms with Crippen LogP contribution in [-0.2, 0) is 21.4 Å². The fraction of sp³-hybridized carbons (Fsp3) is 0.579. The second kappa shape index (κ2) is 7.92. The van der Waals surface area contributed by atoms with Crippen LogP contribution >= 0.6 is 0 Å². The van der Waals surface area contributed by atoms with Crippen molar-refractivity contribution in [3.8, 4) is 0 Å². The van der Waals surface area contributed by atoms with E-state index in [1.807, 2.05) is 11.9 Å². The molecule has 0 atom stereocenters. The predicted molar refractivity (Wildman–Crippen MR) is 107 cm³/mol. The number of oxazole rings is 1. The monoisotopic (exact) mass is 422 g/mol. The number of nitrogens with zero attached hydrogens (tertiary/aromatic N) is 4. The zero-order chi connectivity index (χ0) is 20.6. The van der Waals surface area contributed by atoms with E-state index in [0.717, 1.165) is 25.9 Å². The minimum Gasteiger partial charge on any atom is -0.408 e. The molecular weight excluding hydrogens is 396 g/mol. The summed E-state index contributed by atoms with van der Waals surface area (Å²) in [6.45, 7) is 4.29. The van der Waals surface area contributed by atoms with Crippen molar-refractivity contribution < 1.29 is 17.6 Å². The van der Waals surface area contributed by atoms with E-state index in [-0.39, 0.29) is 29.4 Å². The summed E-state index contributed by atoms with van der Waals surface area (Å²) in [7, 11) is -1.56. The number of benzene rings is 1. The van der Waals surface area contributed by atoms with Crippen molar-refractivity contribution >= 4 is 27.0 Å². The van der Waals surface area contributed by atoms with Gasteiger partial charge in [0, 0.05) is 58.3 Å². The molecule has 3 heterocycles. The average Bonchev–Trinajstić information content (AvgIpc) is 3.34. The van der Waals surface area contributed by atoms with Gasteiger partial charge in [0.25, 0.3) is 0 Å². The molecule has 2 aliphatic heterocycles. The highest BCUT2D eigenvalue weighted by molar-refractivity contribution is 7.89. The van der Waals surface area contributed by atoms with E-state index >= 15 is 0 Å². The van der Waals surface area contributed by atoms with Crippen LogP contribution < -0.4 is 5.76 Å². The molecule has 0 saturated carbocycles. The van der Waals surface area contributed by atoms with E-state index in [1.54, 1.807) is 6.07 Å². The van der Waals surface area contributed by atoms with E-state index in [4.69, 9.17) is 4.42 Å². The molecule has 2 aliphatic rings. The molecule has 1 amide bonds. The molecule has 0 bridgehead atoms. The normalized spacial score (nSPS) is 19.3. The lowest BCUT2D eigenvalue weighted by molar-refractivity contribution is -0.133. The Morgan fingerprint density at radius 2 is 1.76 bits per heavy atom. The van der Waals surface area contributed by atoms with Gasteiger partial charge in [-0.05, 0) is 32.0 Å². The molecule has 9 nitrogen and oxygen atoms in total. The van der Waals surface area contributed by atoms with Crippen molar-refractivity contribution in [2.24, 2.45) is 0 Å². The second-order valence-corrected chi connectivity index (χ2v) is 9.63. The van der Waals surface area contributed by atoms with Gasteiger partial charge in [-0.1, -0.05) is 0 Å². The lowest BCUT2D eigenvalue weighted by atomic mass is 10.2. The quantitative estimate of drug-likeness (QED) is 0.698. The van der Waals surface area contributed by atoms with Gasteiger partial charge in [0.05, 0.1) is 10.4 Å². The average molecular weight is 423 g/mol. The number of piperazine rings is 1. The first kappa shape index (κ1) is 20.1. The number of carbonyl (C=O) groups excluding carboxylic acids is 1. The standard InChI is InChI=1S/C19H26N4O5S/c1-20-10-12-21(13-11-20)18(24)6-9-23-16-5-4-15(14-17(16)28-19(23)25)29(26,27)22-7-2-3-8-22/h4-5,14H,2-3,6-13H2,1H3. The molecule has 1 aromatic heterocycles. The summed E-state index contributed by atoms with van der Waals surface area (Å²) in [4.78, 5) is 28.9. The van der Waals surface area contributed by atoms with Gasteiger partial charge in [0.1, 0.15) is 0 Å². The third-order valence-corrected chi connectivity index (χ3v) is 7.64. The molecule has 2 fully saturated rings. The largest absolute Gasteiger partial charge is 0.419 e. The van der Waals surface area contributed by atoms with Crippen molar-refractivity contribution in [3.63, 3.8) is 0 Å². The van der Waals surface area contributed by atoms with E-state index in [2.05, 4.69) is 4.90 Å². The number of rotatable bonds is 5. The highest BCUT2D eigenvalue weighted by Gasteiger charge is 2.28. The topological polar surface area (TPSA) is 96.1 Å². The first-order valence-electron chi connectivity index (χ1n) is 9.96. The smallest absolute Gasteiger partial charge is 0.408 e. The van der Waals surface area contributed by atoms with Crippen LogP contribution in [0.15, 0.2) is 32.3 Å². The van der Waals surface area contributed by atoms with Crippen LogP contribution in [0.1, 0.15) is 19.3 Å². The van der Waals surface area contributed by atoms with Gasteiger partial charge >= 0.3 is 5.76 Å². The van der Waals surface area contributed by atoms with Crippen molar-refractivity contribution in [2.45, 2.75) is 30.7 Å². The molecule has 158 valence electrons. The summed E-state index contributed by atoms with van der Waals surface area (Å²) in [5, 5.41) is 0. The van der Waals surface area contributed by atoms with E-state index < -0.39 is 15.8 Å². The molecule has 0 radical (unpaired) electrons. The van der Waals surface area contributed by atoms with Crippen LogP contribution in [-0.4, -0.2) is 79.3 Å². The molecule has 0 spiro atoms. The number of aromatic nitrogens is 1. The van der Waals surface area contributed by atoms with E-state index in [0.29, 0.717) is 31.7 Å².